The van der Waals surface area contributed by atoms with E-state index in [1.165, 1.54) is 12.4 Å². The molecular weight excluding hydrogens is 520 g/mol. The van der Waals surface area contributed by atoms with Crippen molar-refractivity contribution in [2.24, 2.45) is 13.0 Å². The summed E-state index contributed by atoms with van der Waals surface area (Å²) in [6, 6.07) is 3.66. The molecule has 204 valence electrons. The van der Waals surface area contributed by atoms with Gasteiger partial charge in [0, 0.05) is 50.7 Å². The highest BCUT2D eigenvalue weighted by atomic mass is 35.5. The summed E-state index contributed by atoms with van der Waals surface area (Å²) >= 11 is 6.43. The topological polar surface area (TPSA) is 119 Å². The minimum Gasteiger partial charge on any atom is -0.495 e. The summed E-state index contributed by atoms with van der Waals surface area (Å²) < 4.78 is 12.9. The quantitative estimate of drug-likeness (QED) is 0.367. The van der Waals surface area contributed by atoms with Crippen LogP contribution in [0.3, 0.4) is 0 Å². The van der Waals surface area contributed by atoms with Gasteiger partial charge in [0.25, 0.3) is 0 Å². The Balaban J connectivity index is 1.44. The molecule has 2 atom stereocenters. The molecule has 39 heavy (non-hydrogen) atoms. The van der Waals surface area contributed by atoms with E-state index in [1.807, 2.05) is 23.7 Å². The number of halogens is 1. The lowest BCUT2D eigenvalue weighted by Crippen LogP contribution is -2.61. The van der Waals surface area contributed by atoms with E-state index in [0.717, 1.165) is 29.9 Å². The molecule has 11 heteroatoms. The second kappa shape index (κ2) is 10.8. The highest BCUT2D eigenvalue weighted by molar-refractivity contribution is 6.33. The number of carbonyl (C=O) groups excluding carboxylic acids is 1. The number of aliphatic hydroxyl groups is 1. The van der Waals surface area contributed by atoms with Crippen molar-refractivity contribution in [2.45, 2.75) is 18.6 Å². The number of nitrogens with two attached hydrogens (primary N) is 1. The zero-order chi connectivity index (χ0) is 27.8. The minimum absolute atomic E-state index is 0.00849. The van der Waals surface area contributed by atoms with Crippen LogP contribution in [0, 0.1) is 17.8 Å². The summed E-state index contributed by atoms with van der Waals surface area (Å²) in [6.45, 7) is 5.95. The second-order valence-corrected chi connectivity index (χ2v) is 10.1. The molecule has 1 amide bonds. The SMILES string of the molecule is C=CC(=O)N1CC[C@@H](N2CC(C#Cc3c(-c4cc(OC)c(Cl)c(OC)c4)c4c(N)ncnc4n3C)C2)[C@@H](O)C1. The zero-order valence-electron chi connectivity index (χ0n) is 22.1. The lowest BCUT2D eigenvalue weighted by Gasteiger charge is -2.47. The molecule has 2 aromatic heterocycles. The molecule has 3 N–H and O–H groups in total. The summed E-state index contributed by atoms with van der Waals surface area (Å²) in [5.74, 6) is 8.04. The Morgan fingerprint density at radius 3 is 2.54 bits per heavy atom. The van der Waals surface area contributed by atoms with Crippen LogP contribution in [0.15, 0.2) is 31.1 Å². The van der Waals surface area contributed by atoms with Crippen molar-refractivity contribution in [2.75, 3.05) is 46.1 Å². The van der Waals surface area contributed by atoms with Gasteiger partial charge in [0.1, 0.15) is 40.0 Å². The summed E-state index contributed by atoms with van der Waals surface area (Å²) in [5, 5.41) is 11.7. The predicted molar refractivity (Wildman–Crippen MR) is 150 cm³/mol. The van der Waals surface area contributed by atoms with Gasteiger partial charge in [-0.3, -0.25) is 9.69 Å². The molecule has 0 saturated carbocycles. The molecule has 0 bridgehead atoms. The number of hydrogen-bond acceptors (Lipinski definition) is 8. The van der Waals surface area contributed by atoms with Gasteiger partial charge in [-0.1, -0.05) is 24.1 Å². The molecule has 3 aromatic rings. The third kappa shape index (κ3) is 4.78. The van der Waals surface area contributed by atoms with Crippen molar-refractivity contribution < 1.29 is 19.4 Å². The Bertz CT molecular complexity index is 1480. The number of anilines is 1. The highest BCUT2D eigenvalue weighted by Gasteiger charge is 2.38. The van der Waals surface area contributed by atoms with Gasteiger partial charge in [-0.15, -0.1) is 0 Å². The van der Waals surface area contributed by atoms with Crippen LogP contribution in [-0.4, -0.2) is 87.9 Å². The lowest BCUT2D eigenvalue weighted by molar-refractivity contribution is -0.132. The van der Waals surface area contributed by atoms with Crippen LogP contribution in [0.25, 0.3) is 22.2 Å². The predicted octanol–water partition coefficient (Wildman–Crippen LogP) is 2.32. The Morgan fingerprint density at radius 2 is 1.92 bits per heavy atom. The molecule has 2 aliphatic rings. The number of aliphatic hydroxyl groups excluding tert-OH is 1. The smallest absolute Gasteiger partial charge is 0.246 e. The van der Waals surface area contributed by atoms with Crippen LogP contribution in [-0.2, 0) is 11.8 Å². The van der Waals surface area contributed by atoms with Crippen LogP contribution < -0.4 is 15.2 Å². The number of rotatable bonds is 5. The van der Waals surface area contributed by atoms with E-state index in [9.17, 15) is 9.90 Å². The molecule has 2 fully saturated rings. The molecule has 2 aliphatic heterocycles. The van der Waals surface area contributed by atoms with Crippen molar-refractivity contribution in [3.05, 3.63) is 41.8 Å². The number of nitrogen functional groups attached to an aromatic ring is 1. The van der Waals surface area contributed by atoms with Gasteiger partial charge in [-0.25, -0.2) is 9.97 Å². The average molecular weight is 551 g/mol. The Kier molecular flexibility index (Phi) is 7.40. The van der Waals surface area contributed by atoms with Gasteiger partial charge < -0.3 is 29.8 Å². The van der Waals surface area contributed by atoms with Crippen LogP contribution in [0.2, 0.25) is 5.02 Å². The first-order valence-corrected chi connectivity index (χ1v) is 13.0. The molecular formula is C28H31ClN6O4. The number of aromatic nitrogens is 3. The number of nitrogens with zero attached hydrogens (tertiary/aromatic N) is 5. The third-order valence-electron chi connectivity index (χ3n) is 7.54. The maximum atomic E-state index is 11.9. The van der Waals surface area contributed by atoms with Crippen LogP contribution in [0.5, 0.6) is 11.5 Å². The monoisotopic (exact) mass is 550 g/mol. The molecule has 2 saturated heterocycles. The van der Waals surface area contributed by atoms with E-state index >= 15 is 0 Å². The largest absolute Gasteiger partial charge is 0.495 e. The Labute approximate surface area is 232 Å². The second-order valence-electron chi connectivity index (χ2n) is 9.77. The molecule has 0 radical (unpaired) electrons. The van der Waals surface area contributed by atoms with Gasteiger partial charge >= 0.3 is 0 Å². The third-order valence-corrected chi connectivity index (χ3v) is 7.91. The number of hydrogen-bond donors (Lipinski definition) is 2. The van der Waals surface area contributed by atoms with Gasteiger partial charge in [0.15, 0.2) is 0 Å². The summed E-state index contributed by atoms with van der Waals surface area (Å²) in [6.07, 6.45) is 2.84. The van der Waals surface area contributed by atoms with E-state index in [0.29, 0.717) is 52.9 Å². The van der Waals surface area contributed by atoms with Crippen LogP contribution >= 0.6 is 11.6 Å². The van der Waals surface area contributed by atoms with Crippen molar-refractivity contribution >= 4 is 34.4 Å². The fourth-order valence-corrected chi connectivity index (χ4v) is 5.70. The first-order chi connectivity index (χ1) is 18.8. The number of methoxy groups -OCH3 is 2. The van der Waals surface area contributed by atoms with Gasteiger partial charge in [0.2, 0.25) is 5.91 Å². The van der Waals surface area contributed by atoms with Crippen molar-refractivity contribution in [3.8, 4) is 34.5 Å². The summed E-state index contributed by atoms with van der Waals surface area (Å²) in [4.78, 5) is 24.5. The van der Waals surface area contributed by atoms with Gasteiger partial charge in [-0.05, 0) is 36.1 Å². The molecule has 1 aromatic carbocycles. The standard InChI is InChI=1S/C28H31ClN6O4/c1-5-23(37)34-9-8-18(20(36)14-34)35-12-16(13-35)6-7-19-24(25-27(30)31-15-32-28(25)33(19)2)17-10-21(38-3)26(29)22(11-17)39-4/h5,10-11,15-16,18,20,36H,1,8-9,12-14H2,2-4H3,(H2,30,31,32)/t18-,20+/m1/s1. The van der Waals surface area contributed by atoms with Crippen LogP contribution in [0.1, 0.15) is 12.1 Å². The number of likely N-dealkylation sites (tertiary alicyclic amines) is 2. The van der Waals surface area contributed by atoms with Crippen molar-refractivity contribution in [1.29, 1.82) is 0 Å². The van der Waals surface area contributed by atoms with Crippen molar-refractivity contribution in [1.82, 2.24) is 24.3 Å². The number of carbonyl (C=O) groups is 1. The molecule has 10 nitrogen and oxygen atoms in total. The Hall–Kier alpha value is -3.78. The number of β-amino-alcohol motifs (C(OH)–C–C–N with tert-alkyl or cyclic N) is 1. The maximum Gasteiger partial charge on any atom is 0.246 e. The maximum absolute atomic E-state index is 11.9. The number of amides is 1. The molecule has 5 rings (SSSR count). The Morgan fingerprint density at radius 1 is 1.23 bits per heavy atom. The van der Waals surface area contributed by atoms with E-state index in [-0.39, 0.29) is 17.9 Å². The first-order valence-electron chi connectivity index (χ1n) is 12.6. The number of fused-ring (bicyclic) bond motifs is 1. The number of aryl methyl sites for hydroxylation is 1. The number of piperidine rings is 1. The zero-order valence-corrected chi connectivity index (χ0v) is 22.9. The van der Waals surface area contributed by atoms with E-state index < -0.39 is 6.10 Å². The highest BCUT2D eigenvalue weighted by Crippen LogP contribution is 2.43. The molecule has 0 aliphatic carbocycles. The average Bonchev–Trinajstić information content (AvgIpc) is 3.20. The summed E-state index contributed by atoms with van der Waals surface area (Å²) in [7, 11) is 4.99. The lowest BCUT2D eigenvalue weighted by atomic mass is 9.91. The van der Waals surface area contributed by atoms with E-state index in [2.05, 4.69) is 33.3 Å². The minimum atomic E-state index is -0.599. The first kappa shape index (κ1) is 26.8. The molecule has 0 unspecified atom stereocenters. The molecule has 4 heterocycles. The van der Waals surface area contributed by atoms with E-state index in [1.54, 1.807) is 19.1 Å². The fourth-order valence-electron chi connectivity index (χ4n) is 5.44. The van der Waals surface area contributed by atoms with Crippen LogP contribution in [0.4, 0.5) is 5.82 Å². The number of ether oxygens (including phenoxy) is 2. The summed E-state index contributed by atoms with van der Waals surface area (Å²) in [5.41, 5.74) is 9.27. The van der Waals surface area contributed by atoms with Gasteiger partial charge in [0.05, 0.1) is 25.7 Å². The van der Waals surface area contributed by atoms with Gasteiger partial charge in [-0.2, -0.15) is 0 Å². The molecule has 0 spiro atoms. The van der Waals surface area contributed by atoms with Crippen molar-refractivity contribution in [3.63, 3.8) is 0 Å². The normalized spacial score (nSPS) is 19.8. The van der Waals surface area contributed by atoms with E-state index in [4.69, 9.17) is 26.8 Å². The number of benzene rings is 1. The fraction of sp³-hybridized carbons (Fsp3) is 0.393.